The first-order valence-electron chi connectivity index (χ1n) is 16.5. The number of hydrogen-bond acceptors (Lipinski definition) is 8. The van der Waals surface area contributed by atoms with Crippen LogP contribution in [0.1, 0.15) is 85.9 Å². The van der Waals surface area contributed by atoms with Gasteiger partial charge in [-0.2, -0.15) is 20.0 Å². The molecule has 56 heavy (non-hydrogen) atoms. The van der Waals surface area contributed by atoms with E-state index in [1.165, 1.54) is 48.5 Å². The van der Waals surface area contributed by atoms with Crippen molar-refractivity contribution in [3.8, 4) is 23.0 Å². The van der Waals surface area contributed by atoms with Crippen LogP contribution in [0, 0.1) is 0 Å². The summed E-state index contributed by atoms with van der Waals surface area (Å²) in [6.45, 7) is 0. The number of rotatable bonds is 4. The minimum Gasteiger partial charge on any atom is -0.507 e. The molecule has 0 saturated carbocycles. The van der Waals surface area contributed by atoms with Gasteiger partial charge in [0, 0.05) is 36.8 Å². The summed E-state index contributed by atoms with van der Waals surface area (Å²) >= 11 is 0. The second-order valence-corrected chi connectivity index (χ2v) is 12.9. The summed E-state index contributed by atoms with van der Waals surface area (Å²) in [5, 5.41) is 46.8. The number of carbonyl (C=O) groups is 4. The van der Waals surface area contributed by atoms with Gasteiger partial charge in [-0.1, -0.05) is 0 Å². The second-order valence-electron chi connectivity index (χ2n) is 12.9. The number of nitrogens with zero attached hydrogens (tertiary/aromatic N) is 2. The van der Waals surface area contributed by atoms with Crippen LogP contribution in [0.15, 0.2) is 58.5 Å². The van der Waals surface area contributed by atoms with Crippen molar-refractivity contribution in [3.05, 3.63) is 115 Å². The van der Waals surface area contributed by atoms with Gasteiger partial charge in [-0.3, -0.25) is 21.1 Å². The average molecular weight is 769 g/mol. The molecular weight excluding hydrogens is 728 g/mol. The average Bonchev–Trinajstić information content (AvgIpc) is 3.09. The lowest BCUT2D eigenvalue weighted by Gasteiger charge is -2.19. The molecule has 0 heterocycles. The summed E-state index contributed by atoms with van der Waals surface area (Å²) in [6, 6.07) is 10.4. The highest BCUT2D eigenvalue weighted by Gasteiger charge is 2.26. The van der Waals surface area contributed by atoms with Gasteiger partial charge in [0.15, 0.2) is 11.9 Å². The molecule has 0 aromatic heterocycles. The SMILES string of the molecule is NC(N)=NC(=O)c1cc2c(O)c(c1)Cc1cc(C(=O)[NH+]=C(N)[NH3+])cc(c1O)Cc1cc(C(=O)[NH+]=C(N)[NH3+])cc(c1O)Cc1cc(C(=O)N=C(N)N)cc(c1O)C2. The number of aliphatic imine (C=N–C) groups is 2. The number of quaternary nitrogens is 2. The Morgan fingerprint density at radius 1 is 0.446 bits per heavy atom. The molecule has 0 atom stereocenters. The molecular formula is C36H40N12O8+4. The lowest BCUT2D eigenvalue weighted by molar-refractivity contribution is -0.418. The highest BCUT2D eigenvalue weighted by molar-refractivity contribution is 6.03. The van der Waals surface area contributed by atoms with E-state index in [4.69, 9.17) is 34.4 Å². The van der Waals surface area contributed by atoms with Gasteiger partial charge in [-0.15, -0.1) is 0 Å². The summed E-state index contributed by atoms with van der Waals surface area (Å²) in [7, 11) is 0. The minimum absolute atomic E-state index is 0.0149. The van der Waals surface area contributed by atoms with Crippen molar-refractivity contribution in [2.45, 2.75) is 25.7 Å². The lowest BCUT2D eigenvalue weighted by Crippen LogP contribution is -2.91. The zero-order chi connectivity index (χ0) is 41.2. The van der Waals surface area contributed by atoms with Gasteiger partial charge in [0.25, 0.3) is 11.8 Å². The van der Waals surface area contributed by atoms with Crippen LogP contribution in [-0.2, 0) is 25.7 Å². The predicted octanol–water partition coefficient (Wildman–Crippen LogP) is -6.43. The van der Waals surface area contributed by atoms with E-state index in [-0.39, 0.29) is 127 Å². The molecule has 4 aromatic rings. The smallest absolute Gasteiger partial charge is 0.442 e. The van der Waals surface area contributed by atoms with Crippen molar-refractivity contribution in [1.29, 1.82) is 0 Å². The molecule has 1 aliphatic rings. The largest absolute Gasteiger partial charge is 0.507 e. The number of phenolic OH excluding ortho intramolecular Hbond substituents is 4. The Morgan fingerprint density at radius 2 is 0.661 bits per heavy atom. The van der Waals surface area contributed by atoms with E-state index in [9.17, 15) is 39.6 Å². The number of hydrogen-bond donors (Lipinski definition) is 14. The molecule has 0 unspecified atom stereocenters. The van der Waals surface area contributed by atoms with E-state index >= 15 is 0 Å². The van der Waals surface area contributed by atoms with E-state index < -0.39 is 35.5 Å². The number of aromatic hydroxyl groups is 4. The van der Waals surface area contributed by atoms with E-state index in [0.717, 1.165) is 0 Å². The van der Waals surface area contributed by atoms with Gasteiger partial charge >= 0.3 is 23.7 Å². The number of fused-ring (bicyclic) bond motifs is 8. The molecule has 20 nitrogen and oxygen atoms in total. The number of carbonyl (C=O) groups excluding carboxylic acids is 4. The Balaban J connectivity index is 1.90. The maximum atomic E-state index is 13.3. The zero-order valence-electron chi connectivity index (χ0n) is 29.6. The molecule has 1 aliphatic carbocycles. The molecule has 0 spiro atoms. The topological polar surface area (TPSA) is 413 Å². The van der Waals surface area contributed by atoms with E-state index in [1.807, 2.05) is 0 Å². The van der Waals surface area contributed by atoms with Gasteiger partial charge in [-0.05, 0) is 93.0 Å². The predicted molar refractivity (Wildman–Crippen MR) is 199 cm³/mol. The van der Waals surface area contributed by atoms with Crippen molar-refractivity contribution < 1.29 is 61.1 Å². The fourth-order valence-electron chi connectivity index (χ4n) is 6.25. The number of phenols is 4. The first-order valence-corrected chi connectivity index (χ1v) is 16.5. The monoisotopic (exact) mass is 768 g/mol. The third-order valence-corrected chi connectivity index (χ3v) is 8.62. The Labute approximate surface area is 316 Å². The fraction of sp³-hybridized carbons (Fsp3) is 0.111. The second kappa shape index (κ2) is 15.6. The van der Waals surface area contributed by atoms with Gasteiger partial charge in [0.1, 0.15) is 23.0 Å². The molecule has 4 amide bonds. The molecule has 24 N–H and O–H groups in total. The first-order chi connectivity index (χ1) is 26.3. The highest BCUT2D eigenvalue weighted by Crippen LogP contribution is 2.39. The van der Waals surface area contributed by atoms with Gasteiger partial charge < -0.3 is 43.4 Å². The molecule has 8 bridgehead atoms. The summed E-state index contributed by atoms with van der Waals surface area (Å²) < 4.78 is 0. The number of nitrogens with two attached hydrogens (primary N) is 6. The van der Waals surface area contributed by atoms with Crippen molar-refractivity contribution in [2.24, 2.45) is 44.4 Å². The van der Waals surface area contributed by atoms with Gasteiger partial charge in [-0.25, -0.2) is 21.1 Å². The molecule has 0 radical (unpaired) electrons. The first kappa shape index (κ1) is 39.4. The van der Waals surface area contributed by atoms with Crippen LogP contribution in [0.25, 0.3) is 0 Å². The van der Waals surface area contributed by atoms with Crippen LogP contribution < -0.4 is 55.9 Å². The van der Waals surface area contributed by atoms with Crippen LogP contribution in [0.3, 0.4) is 0 Å². The third kappa shape index (κ3) is 8.68. The Hall–Kier alpha value is -7.84. The molecule has 20 heteroatoms. The van der Waals surface area contributed by atoms with Crippen LogP contribution in [0.5, 0.6) is 23.0 Å². The van der Waals surface area contributed by atoms with Crippen molar-refractivity contribution in [3.63, 3.8) is 0 Å². The molecule has 0 fully saturated rings. The molecule has 0 saturated heterocycles. The van der Waals surface area contributed by atoms with Crippen LogP contribution in [-0.4, -0.2) is 67.9 Å². The Morgan fingerprint density at radius 3 is 0.857 bits per heavy atom. The number of guanidine groups is 4. The van der Waals surface area contributed by atoms with Crippen molar-refractivity contribution >= 4 is 47.5 Å². The summed E-state index contributed by atoms with van der Waals surface area (Å²) in [5.41, 5.74) is 40.4. The van der Waals surface area contributed by atoms with Crippen molar-refractivity contribution in [1.82, 2.24) is 0 Å². The normalized spacial score (nSPS) is 12.7. The Kier molecular flexibility index (Phi) is 11.0. The maximum absolute atomic E-state index is 13.3. The molecule has 0 aliphatic heterocycles. The van der Waals surface area contributed by atoms with Gasteiger partial charge in [0.05, 0.1) is 11.1 Å². The zero-order valence-corrected chi connectivity index (χ0v) is 29.6. The quantitative estimate of drug-likeness (QED) is 0.0597. The number of benzene rings is 4. The van der Waals surface area contributed by atoms with Crippen LogP contribution in [0.2, 0.25) is 0 Å². The van der Waals surface area contributed by atoms with E-state index in [1.54, 1.807) is 0 Å². The highest BCUT2D eigenvalue weighted by atomic mass is 16.3. The summed E-state index contributed by atoms with van der Waals surface area (Å²) in [4.78, 5) is 64.8. The fourth-order valence-corrected chi connectivity index (χ4v) is 6.25. The third-order valence-electron chi connectivity index (χ3n) is 8.62. The van der Waals surface area contributed by atoms with Crippen molar-refractivity contribution in [2.75, 3.05) is 0 Å². The number of amides is 4. The van der Waals surface area contributed by atoms with E-state index in [2.05, 4.69) is 31.4 Å². The summed E-state index contributed by atoms with van der Waals surface area (Å²) in [6.07, 6.45) is -1.26. The minimum atomic E-state index is -0.894. The molecule has 288 valence electrons. The summed E-state index contributed by atoms with van der Waals surface area (Å²) in [5.74, 6) is -6.14. The van der Waals surface area contributed by atoms with Crippen LogP contribution in [0.4, 0.5) is 0 Å². The van der Waals surface area contributed by atoms with Gasteiger partial charge in [0.2, 0.25) is 0 Å². The molecule has 5 rings (SSSR count). The maximum Gasteiger partial charge on any atom is 0.442 e. The van der Waals surface area contributed by atoms with Crippen LogP contribution >= 0.6 is 0 Å². The molecule has 4 aromatic carbocycles. The standard InChI is InChI=1S/C36H36N12O8/c37-33(38)45-29(53)21-5-13-1-14-6-22(30(54)46-34(39)40)8-16(26(14)50)3-18-10-24(32(56)48-36(43)44)12-20(28(18)52)4-19-11-23(31(55)47-35(41)42)9-17(27(19)51)2-15(7-21)25(13)49/h5-12,49-52H,1-4H2,(H4,37,38,45,53)(H4,39,40,46,54)(H4,41,42,47,55)(H4,43,44,48,56)/p+4. The van der Waals surface area contributed by atoms with E-state index in [0.29, 0.717) is 0 Å². The Bertz CT molecular complexity index is 2040. The number of nitrogens with one attached hydrogen (secondary N) is 2. The lowest BCUT2D eigenvalue weighted by atomic mass is 9.88.